The third kappa shape index (κ3) is 3.02. The Kier molecular flexibility index (Phi) is 3.95. The number of benzene rings is 1. The van der Waals surface area contributed by atoms with Gasteiger partial charge in [0.2, 0.25) is 0 Å². The van der Waals surface area contributed by atoms with Crippen molar-refractivity contribution in [2.75, 3.05) is 0 Å². The Hall–Kier alpha value is -2.02. The largest absolute Gasteiger partial charge is 0.453 e. The maximum atomic E-state index is 12.7. The number of halogens is 3. The van der Waals surface area contributed by atoms with E-state index in [4.69, 9.17) is 10.5 Å². The molecule has 4 nitrogen and oxygen atoms in total. The van der Waals surface area contributed by atoms with Crippen LogP contribution in [-0.2, 0) is 19.8 Å². The van der Waals surface area contributed by atoms with E-state index in [0.29, 0.717) is 22.8 Å². The number of rotatable bonds is 3. The molecule has 2 rings (SSSR count). The lowest BCUT2D eigenvalue weighted by atomic mass is 10.1. The van der Waals surface area contributed by atoms with Gasteiger partial charge in [0.1, 0.15) is 11.4 Å². The molecule has 0 unspecified atom stereocenters. The first-order chi connectivity index (χ1) is 9.74. The molecule has 0 aliphatic carbocycles. The van der Waals surface area contributed by atoms with Crippen LogP contribution in [0.3, 0.4) is 0 Å². The summed E-state index contributed by atoms with van der Waals surface area (Å²) in [7, 11) is 1.77. The van der Waals surface area contributed by atoms with Gasteiger partial charge in [-0.15, -0.1) is 0 Å². The van der Waals surface area contributed by atoms with Crippen molar-refractivity contribution in [3.05, 3.63) is 40.7 Å². The smallest absolute Gasteiger partial charge is 0.416 e. The molecule has 1 heterocycles. The molecule has 2 aromatic rings. The lowest BCUT2D eigenvalue weighted by Gasteiger charge is -2.13. The van der Waals surface area contributed by atoms with Crippen LogP contribution in [0, 0.1) is 13.8 Å². The Balaban J connectivity index is 2.41. The van der Waals surface area contributed by atoms with Crippen molar-refractivity contribution >= 4 is 0 Å². The summed E-state index contributed by atoms with van der Waals surface area (Å²) in [5.74, 6) is 0.844. The molecule has 1 aromatic carbocycles. The van der Waals surface area contributed by atoms with Crippen molar-refractivity contribution in [1.29, 1.82) is 0 Å². The first-order valence-corrected chi connectivity index (χ1v) is 6.32. The second-order valence-electron chi connectivity index (χ2n) is 4.75. The molecule has 0 radical (unpaired) electrons. The quantitative estimate of drug-likeness (QED) is 0.946. The number of hydrogen-bond donors (Lipinski definition) is 1. The predicted octanol–water partition coefficient (Wildman–Crippen LogP) is 3.31. The average Bonchev–Trinajstić information content (AvgIpc) is 2.64. The van der Waals surface area contributed by atoms with E-state index in [1.807, 2.05) is 6.92 Å². The summed E-state index contributed by atoms with van der Waals surface area (Å²) >= 11 is 0. The Bertz CT molecular complexity index is 662. The number of aryl methyl sites for hydroxylation is 2. The summed E-state index contributed by atoms with van der Waals surface area (Å²) in [5, 5.41) is 4.20. The van der Waals surface area contributed by atoms with Crippen molar-refractivity contribution in [3.63, 3.8) is 0 Å². The van der Waals surface area contributed by atoms with Crippen molar-refractivity contribution < 1.29 is 17.9 Å². The van der Waals surface area contributed by atoms with E-state index in [0.717, 1.165) is 17.8 Å². The second kappa shape index (κ2) is 5.40. The molecule has 21 heavy (non-hydrogen) atoms. The standard InChI is InChI=1S/C14H16F3N3O/c1-8-13(9(2)20(3)19-8)21-12-5-4-11(14(15,16)17)6-10(12)7-18/h4-6H,7,18H2,1-3H3. The topological polar surface area (TPSA) is 53.1 Å². The van der Waals surface area contributed by atoms with Gasteiger partial charge in [-0.05, 0) is 32.0 Å². The van der Waals surface area contributed by atoms with Gasteiger partial charge in [-0.3, -0.25) is 4.68 Å². The summed E-state index contributed by atoms with van der Waals surface area (Å²) in [4.78, 5) is 0. The van der Waals surface area contributed by atoms with Gasteiger partial charge in [0.05, 0.1) is 11.3 Å². The molecular formula is C14H16F3N3O. The third-order valence-electron chi connectivity index (χ3n) is 3.26. The maximum Gasteiger partial charge on any atom is 0.416 e. The van der Waals surface area contributed by atoms with Crippen LogP contribution < -0.4 is 10.5 Å². The summed E-state index contributed by atoms with van der Waals surface area (Å²) in [6.45, 7) is 3.55. The molecule has 2 N–H and O–H groups in total. The van der Waals surface area contributed by atoms with Gasteiger partial charge in [-0.2, -0.15) is 18.3 Å². The van der Waals surface area contributed by atoms with Crippen LogP contribution in [0.25, 0.3) is 0 Å². The molecule has 1 aromatic heterocycles. The minimum Gasteiger partial charge on any atom is -0.453 e. The van der Waals surface area contributed by atoms with E-state index in [-0.39, 0.29) is 6.54 Å². The zero-order valence-electron chi connectivity index (χ0n) is 12.0. The van der Waals surface area contributed by atoms with Gasteiger partial charge in [0, 0.05) is 19.2 Å². The molecule has 0 bridgehead atoms. The van der Waals surface area contributed by atoms with Crippen molar-refractivity contribution in [2.45, 2.75) is 26.6 Å². The number of nitrogens with two attached hydrogens (primary N) is 1. The van der Waals surface area contributed by atoms with Gasteiger partial charge in [0.15, 0.2) is 5.75 Å². The molecule has 0 amide bonds. The van der Waals surface area contributed by atoms with Crippen LogP contribution in [0.5, 0.6) is 11.5 Å². The van der Waals surface area contributed by atoms with Crippen LogP contribution in [0.4, 0.5) is 13.2 Å². The monoisotopic (exact) mass is 299 g/mol. The van der Waals surface area contributed by atoms with Gasteiger partial charge in [-0.1, -0.05) is 0 Å². The highest BCUT2D eigenvalue weighted by Gasteiger charge is 2.31. The predicted molar refractivity (Wildman–Crippen MR) is 72.1 cm³/mol. The molecule has 114 valence electrons. The highest BCUT2D eigenvalue weighted by molar-refractivity contribution is 5.43. The fraction of sp³-hybridized carbons (Fsp3) is 0.357. The summed E-state index contributed by atoms with van der Waals surface area (Å²) in [6.07, 6.45) is -4.40. The minimum atomic E-state index is -4.40. The average molecular weight is 299 g/mol. The van der Waals surface area contributed by atoms with Crippen molar-refractivity contribution in [3.8, 4) is 11.5 Å². The van der Waals surface area contributed by atoms with E-state index < -0.39 is 11.7 Å². The molecule has 0 aliphatic heterocycles. The van der Waals surface area contributed by atoms with Gasteiger partial charge in [-0.25, -0.2) is 0 Å². The molecular weight excluding hydrogens is 283 g/mol. The molecule has 7 heteroatoms. The van der Waals surface area contributed by atoms with Gasteiger partial charge >= 0.3 is 6.18 Å². The van der Waals surface area contributed by atoms with E-state index in [1.165, 1.54) is 6.07 Å². The van der Waals surface area contributed by atoms with E-state index in [2.05, 4.69) is 5.10 Å². The molecule has 0 aliphatic rings. The number of nitrogens with zero attached hydrogens (tertiary/aromatic N) is 2. The van der Waals surface area contributed by atoms with Gasteiger partial charge < -0.3 is 10.5 Å². The van der Waals surface area contributed by atoms with Crippen LogP contribution in [0.1, 0.15) is 22.5 Å². The van der Waals surface area contributed by atoms with Crippen LogP contribution in [0.2, 0.25) is 0 Å². The highest BCUT2D eigenvalue weighted by Crippen LogP contribution is 2.35. The van der Waals surface area contributed by atoms with E-state index >= 15 is 0 Å². The fourth-order valence-corrected chi connectivity index (χ4v) is 2.03. The van der Waals surface area contributed by atoms with Crippen molar-refractivity contribution in [1.82, 2.24) is 9.78 Å². The lowest BCUT2D eigenvalue weighted by Crippen LogP contribution is -2.08. The maximum absolute atomic E-state index is 12.7. The van der Waals surface area contributed by atoms with E-state index in [9.17, 15) is 13.2 Å². The fourth-order valence-electron chi connectivity index (χ4n) is 2.03. The van der Waals surface area contributed by atoms with Crippen LogP contribution in [-0.4, -0.2) is 9.78 Å². The molecule has 0 atom stereocenters. The zero-order chi connectivity index (χ0) is 15.8. The second-order valence-corrected chi connectivity index (χ2v) is 4.75. The Morgan fingerprint density at radius 3 is 2.43 bits per heavy atom. The Labute approximate surface area is 120 Å². The number of hydrogen-bond acceptors (Lipinski definition) is 3. The van der Waals surface area contributed by atoms with E-state index in [1.54, 1.807) is 18.7 Å². The third-order valence-corrected chi connectivity index (χ3v) is 3.26. The minimum absolute atomic E-state index is 0.0440. The zero-order valence-corrected chi connectivity index (χ0v) is 12.0. The van der Waals surface area contributed by atoms with Gasteiger partial charge in [0.25, 0.3) is 0 Å². The summed E-state index contributed by atoms with van der Waals surface area (Å²) < 4.78 is 45.5. The SMILES string of the molecule is Cc1nn(C)c(C)c1Oc1ccc(C(F)(F)F)cc1CN. The van der Waals surface area contributed by atoms with Crippen LogP contribution in [0.15, 0.2) is 18.2 Å². The molecule has 0 saturated heterocycles. The normalized spacial score (nSPS) is 11.8. The number of aromatic nitrogens is 2. The summed E-state index contributed by atoms with van der Waals surface area (Å²) in [5.41, 5.74) is 6.54. The van der Waals surface area contributed by atoms with Crippen LogP contribution >= 0.6 is 0 Å². The lowest BCUT2D eigenvalue weighted by molar-refractivity contribution is -0.137. The Morgan fingerprint density at radius 2 is 1.95 bits per heavy atom. The summed E-state index contributed by atoms with van der Waals surface area (Å²) in [6, 6.07) is 3.28. The van der Waals surface area contributed by atoms with Crippen molar-refractivity contribution in [2.24, 2.45) is 12.8 Å². The Morgan fingerprint density at radius 1 is 1.29 bits per heavy atom. The number of ether oxygens (including phenoxy) is 1. The first kappa shape index (κ1) is 15.4. The first-order valence-electron chi connectivity index (χ1n) is 6.32. The highest BCUT2D eigenvalue weighted by atomic mass is 19.4. The molecule has 0 saturated carbocycles. The molecule has 0 spiro atoms. The molecule has 0 fully saturated rings. The number of alkyl halides is 3.